The molecule has 4 heteroatoms. The number of amides is 2. The van der Waals surface area contributed by atoms with E-state index in [2.05, 4.69) is 11.4 Å². The van der Waals surface area contributed by atoms with E-state index in [1.165, 1.54) is 19.3 Å². The lowest BCUT2D eigenvalue weighted by Crippen LogP contribution is -2.59. The van der Waals surface area contributed by atoms with Crippen LogP contribution in [0.25, 0.3) is 0 Å². The third kappa shape index (κ3) is 2.49. The minimum Gasteiger partial charge on any atom is -0.352 e. The number of carbonyl (C=O) groups excluding carboxylic acids is 2. The van der Waals surface area contributed by atoms with Crippen LogP contribution in [0.2, 0.25) is 0 Å². The zero-order valence-corrected chi connectivity index (χ0v) is 15.5. The molecule has 1 aliphatic heterocycles. The van der Waals surface area contributed by atoms with Gasteiger partial charge in [0, 0.05) is 13.1 Å². The van der Waals surface area contributed by atoms with E-state index in [1.54, 1.807) is 0 Å². The van der Waals surface area contributed by atoms with Gasteiger partial charge in [-0.25, -0.2) is 0 Å². The van der Waals surface area contributed by atoms with Gasteiger partial charge in [-0.15, -0.1) is 0 Å². The number of piperazine rings is 1. The summed E-state index contributed by atoms with van der Waals surface area (Å²) in [6.45, 7) is 3.24. The van der Waals surface area contributed by atoms with Gasteiger partial charge in [-0.2, -0.15) is 0 Å². The highest BCUT2D eigenvalue weighted by Crippen LogP contribution is 2.60. The van der Waals surface area contributed by atoms with Crippen LogP contribution in [0.3, 0.4) is 0 Å². The van der Waals surface area contributed by atoms with Gasteiger partial charge in [0.25, 0.3) is 0 Å². The largest absolute Gasteiger partial charge is 0.352 e. The van der Waals surface area contributed by atoms with Gasteiger partial charge in [-0.3, -0.25) is 9.59 Å². The monoisotopic (exact) mass is 352 g/mol. The Bertz CT molecular complexity index is 721. The van der Waals surface area contributed by atoms with Gasteiger partial charge in [-0.05, 0) is 68.8 Å². The van der Waals surface area contributed by atoms with Crippen molar-refractivity contribution in [1.29, 1.82) is 0 Å². The van der Waals surface area contributed by atoms with Crippen LogP contribution < -0.4 is 5.32 Å². The van der Waals surface area contributed by atoms with Crippen molar-refractivity contribution in [2.24, 2.45) is 23.2 Å². The van der Waals surface area contributed by atoms with Crippen molar-refractivity contribution in [3.8, 4) is 0 Å². The quantitative estimate of drug-likeness (QED) is 0.888. The van der Waals surface area contributed by atoms with Gasteiger partial charge in [0.05, 0.1) is 5.41 Å². The topological polar surface area (TPSA) is 49.4 Å². The first-order valence-electron chi connectivity index (χ1n) is 10.2. The fourth-order valence-corrected chi connectivity index (χ4v) is 6.73. The Balaban J connectivity index is 1.49. The molecule has 1 unspecified atom stereocenters. The van der Waals surface area contributed by atoms with Gasteiger partial charge in [0.2, 0.25) is 11.8 Å². The Kier molecular flexibility index (Phi) is 3.67. The summed E-state index contributed by atoms with van der Waals surface area (Å²) in [5.41, 5.74) is 1.89. The van der Waals surface area contributed by atoms with Gasteiger partial charge >= 0.3 is 0 Å². The number of nitrogens with one attached hydrogen (secondary N) is 1. The van der Waals surface area contributed by atoms with Gasteiger partial charge in [0.15, 0.2) is 0 Å². The Labute approximate surface area is 155 Å². The lowest BCUT2D eigenvalue weighted by molar-refractivity contribution is -0.164. The van der Waals surface area contributed by atoms with Crippen LogP contribution >= 0.6 is 0 Å². The molecule has 1 aromatic carbocycles. The summed E-state index contributed by atoms with van der Waals surface area (Å²) < 4.78 is 0. The number of benzene rings is 1. The van der Waals surface area contributed by atoms with Crippen molar-refractivity contribution in [1.82, 2.24) is 10.2 Å². The highest BCUT2D eigenvalue weighted by Gasteiger charge is 2.56. The van der Waals surface area contributed by atoms with E-state index in [9.17, 15) is 9.59 Å². The summed E-state index contributed by atoms with van der Waals surface area (Å²) in [7, 11) is 0. The zero-order chi connectivity index (χ0) is 17.9. The van der Waals surface area contributed by atoms with Gasteiger partial charge in [0.1, 0.15) is 6.04 Å². The molecule has 1 N–H and O–H groups in total. The highest BCUT2D eigenvalue weighted by molar-refractivity contribution is 5.92. The predicted molar refractivity (Wildman–Crippen MR) is 99.2 cm³/mol. The van der Waals surface area contributed by atoms with Crippen molar-refractivity contribution < 1.29 is 9.59 Å². The molecule has 0 radical (unpaired) electrons. The minimum atomic E-state index is -0.468. The van der Waals surface area contributed by atoms with Gasteiger partial charge in [-0.1, -0.05) is 29.8 Å². The number of hydrogen-bond donors (Lipinski definition) is 1. The molecule has 5 fully saturated rings. The summed E-state index contributed by atoms with van der Waals surface area (Å²) in [6.07, 6.45) is 7.14. The lowest BCUT2D eigenvalue weighted by atomic mass is 9.49. The summed E-state index contributed by atoms with van der Waals surface area (Å²) in [5, 5.41) is 2.98. The molecular formula is C22H28N2O2. The fourth-order valence-electron chi connectivity index (χ4n) is 6.73. The molecule has 4 nitrogen and oxygen atoms in total. The van der Waals surface area contributed by atoms with Crippen molar-refractivity contribution in [2.75, 3.05) is 13.1 Å². The maximum atomic E-state index is 13.8. The molecule has 1 aromatic rings. The second-order valence-electron chi connectivity index (χ2n) is 9.30. The van der Waals surface area contributed by atoms with Gasteiger partial charge < -0.3 is 10.2 Å². The molecule has 4 bridgehead atoms. The first-order valence-corrected chi connectivity index (χ1v) is 10.2. The van der Waals surface area contributed by atoms with E-state index in [0.717, 1.165) is 48.1 Å². The molecule has 1 heterocycles. The minimum absolute atomic E-state index is 0.0278. The standard InChI is InChI=1S/C22H28N2O2/c1-14-3-2-4-18(7-14)19-20(25)23-5-6-24(19)21(26)22-11-15-8-16(12-22)10-17(9-15)13-22/h2-4,7,15-17,19H,5-6,8-13H2,1H3,(H,23,25). The number of hydrogen-bond acceptors (Lipinski definition) is 2. The average Bonchev–Trinajstić information content (AvgIpc) is 2.59. The first-order chi connectivity index (χ1) is 12.5. The van der Waals surface area contributed by atoms with Crippen LogP contribution in [-0.4, -0.2) is 29.8 Å². The van der Waals surface area contributed by atoms with Crippen LogP contribution in [-0.2, 0) is 9.59 Å². The van der Waals surface area contributed by atoms with E-state index in [1.807, 2.05) is 30.0 Å². The predicted octanol–water partition coefficient (Wildman–Crippen LogP) is 3.21. The van der Waals surface area contributed by atoms with E-state index in [0.29, 0.717) is 13.1 Å². The summed E-state index contributed by atoms with van der Waals surface area (Å²) in [5.74, 6) is 2.45. The van der Waals surface area contributed by atoms with E-state index in [4.69, 9.17) is 0 Å². The second-order valence-corrected chi connectivity index (χ2v) is 9.30. The van der Waals surface area contributed by atoms with Crippen molar-refractivity contribution >= 4 is 11.8 Å². The number of rotatable bonds is 2. The molecule has 0 spiro atoms. The Morgan fingerprint density at radius 3 is 2.38 bits per heavy atom. The summed E-state index contributed by atoms with van der Waals surface area (Å²) in [6, 6.07) is 7.59. The maximum Gasteiger partial charge on any atom is 0.247 e. The molecule has 4 aliphatic carbocycles. The molecule has 4 saturated carbocycles. The van der Waals surface area contributed by atoms with E-state index in [-0.39, 0.29) is 17.2 Å². The molecule has 1 saturated heterocycles. The Hall–Kier alpha value is -1.84. The molecule has 1 atom stereocenters. The third-order valence-corrected chi connectivity index (χ3v) is 7.32. The molecule has 138 valence electrons. The molecule has 2 amide bonds. The number of carbonyl (C=O) groups is 2. The zero-order valence-electron chi connectivity index (χ0n) is 15.5. The summed E-state index contributed by atoms with van der Waals surface area (Å²) >= 11 is 0. The second kappa shape index (κ2) is 5.83. The van der Waals surface area contributed by atoms with Crippen LogP contribution in [0.4, 0.5) is 0 Å². The fraction of sp³-hybridized carbons (Fsp3) is 0.636. The normalized spacial score (nSPS) is 38.3. The Morgan fingerprint density at radius 2 is 1.77 bits per heavy atom. The van der Waals surface area contributed by atoms with E-state index < -0.39 is 6.04 Å². The maximum absolute atomic E-state index is 13.8. The molecule has 5 aliphatic rings. The van der Waals surface area contributed by atoms with Crippen LogP contribution in [0.1, 0.15) is 55.7 Å². The van der Waals surface area contributed by atoms with E-state index >= 15 is 0 Å². The SMILES string of the molecule is Cc1cccc(C2C(=O)NCCN2C(=O)C23CC4CC(CC(C4)C2)C3)c1. The smallest absolute Gasteiger partial charge is 0.247 e. The van der Waals surface area contributed by atoms with Crippen molar-refractivity contribution in [3.05, 3.63) is 35.4 Å². The molecule has 0 aromatic heterocycles. The highest BCUT2D eigenvalue weighted by atomic mass is 16.2. The van der Waals surface area contributed by atoms with Crippen LogP contribution in [0.15, 0.2) is 24.3 Å². The molecule has 26 heavy (non-hydrogen) atoms. The summed E-state index contributed by atoms with van der Waals surface area (Å²) in [4.78, 5) is 28.5. The lowest BCUT2D eigenvalue weighted by Gasteiger charge is -2.57. The molecule has 6 rings (SSSR count). The van der Waals surface area contributed by atoms with Crippen molar-refractivity contribution in [3.63, 3.8) is 0 Å². The average molecular weight is 352 g/mol. The Morgan fingerprint density at radius 1 is 1.12 bits per heavy atom. The first kappa shape index (κ1) is 16.3. The number of nitrogens with zero attached hydrogens (tertiary/aromatic N) is 1. The molecular weight excluding hydrogens is 324 g/mol. The van der Waals surface area contributed by atoms with Crippen LogP contribution in [0, 0.1) is 30.1 Å². The van der Waals surface area contributed by atoms with Crippen molar-refractivity contribution in [2.45, 2.75) is 51.5 Å². The number of aryl methyl sites for hydroxylation is 1. The third-order valence-electron chi connectivity index (χ3n) is 7.32. The van der Waals surface area contributed by atoms with Crippen LogP contribution in [0.5, 0.6) is 0 Å².